The van der Waals surface area contributed by atoms with Crippen molar-refractivity contribution in [3.05, 3.63) is 51.6 Å². The molecule has 3 heterocycles. The highest BCUT2D eigenvalue weighted by atomic mass is 79.9. The molecule has 0 bridgehead atoms. The number of hydrogen-bond acceptors (Lipinski definition) is 4. The van der Waals surface area contributed by atoms with Gasteiger partial charge in [-0.25, -0.2) is 4.52 Å². The molecule has 102 valence electrons. The van der Waals surface area contributed by atoms with E-state index in [9.17, 15) is 0 Å². The third-order valence-electron chi connectivity index (χ3n) is 3.01. The Morgan fingerprint density at radius 2 is 2.10 bits per heavy atom. The van der Waals surface area contributed by atoms with Crippen LogP contribution in [0, 0.1) is 6.92 Å². The summed E-state index contributed by atoms with van der Waals surface area (Å²) < 4.78 is 2.70. The zero-order chi connectivity index (χ0) is 14.1. The van der Waals surface area contributed by atoms with Crippen LogP contribution in [0.2, 0.25) is 5.28 Å². The van der Waals surface area contributed by atoms with Crippen LogP contribution in [0.15, 0.2) is 35.2 Å². The van der Waals surface area contributed by atoms with Gasteiger partial charge in [0.2, 0.25) is 5.28 Å². The molecule has 3 rings (SSSR count). The van der Waals surface area contributed by atoms with Crippen molar-refractivity contribution in [2.24, 2.45) is 0 Å². The lowest BCUT2D eigenvalue weighted by molar-refractivity contribution is 0.898. The molecule has 0 unspecified atom stereocenters. The van der Waals surface area contributed by atoms with E-state index in [4.69, 9.17) is 11.6 Å². The summed E-state index contributed by atoms with van der Waals surface area (Å²) in [5.74, 6) is 0.713. The lowest BCUT2D eigenvalue weighted by Gasteiger charge is -2.08. The number of nitrogens with one attached hydrogen (secondary N) is 1. The van der Waals surface area contributed by atoms with Gasteiger partial charge in [0.25, 0.3) is 0 Å². The highest BCUT2D eigenvalue weighted by Gasteiger charge is 2.12. The van der Waals surface area contributed by atoms with Crippen molar-refractivity contribution in [3.8, 4) is 0 Å². The van der Waals surface area contributed by atoms with Crippen LogP contribution < -0.4 is 5.32 Å². The molecule has 0 aliphatic rings. The highest BCUT2D eigenvalue weighted by molar-refractivity contribution is 9.10. The van der Waals surface area contributed by atoms with E-state index in [-0.39, 0.29) is 5.28 Å². The maximum absolute atomic E-state index is 5.96. The smallest absolute Gasteiger partial charge is 0.243 e. The SMILES string of the molecule is Cc1c(Br)cn2nc(Cl)nc(NCc3ccncc3)c12. The molecule has 0 atom stereocenters. The zero-order valence-electron chi connectivity index (χ0n) is 10.6. The minimum atomic E-state index is 0.206. The van der Waals surface area contributed by atoms with E-state index in [1.807, 2.05) is 25.3 Å². The van der Waals surface area contributed by atoms with Crippen molar-refractivity contribution in [1.29, 1.82) is 0 Å². The monoisotopic (exact) mass is 351 g/mol. The van der Waals surface area contributed by atoms with Crippen molar-refractivity contribution in [2.45, 2.75) is 13.5 Å². The van der Waals surface area contributed by atoms with Crippen molar-refractivity contribution in [3.63, 3.8) is 0 Å². The predicted octanol–water partition coefficient (Wildman–Crippen LogP) is 3.46. The van der Waals surface area contributed by atoms with Gasteiger partial charge in [-0.3, -0.25) is 4.98 Å². The Bertz CT molecular complexity index is 756. The number of pyridine rings is 1. The summed E-state index contributed by atoms with van der Waals surface area (Å²) in [6.07, 6.45) is 5.40. The standard InChI is InChI=1S/C13H11BrClN5/c1-8-10(14)7-20-11(8)12(18-13(15)19-20)17-6-9-2-4-16-5-3-9/h2-5,7H,6H2,1H3,(H,17,18,19). The van der Waals surface area contributed by atoms with E-state index in [0.717, 1.165) is 21.1 Å². The second-order valence-corrected chi connectivity index (χ2v) is 5.53. The molecule has 0 aromatic carbocycles. The maximum atomic E-state index is 5.96. The van der Waals surface area contributed by atoms with E-state index in [1.165, 1.54) is 0 Å². The molecule has 0 saturated heterocycles. The van der Waals surface area contributed by atoms with Gasteiger partial charge >= 0.3 is 0 Å². The van der Waals surface area contributed by atoms with Crippen LogP contribution in [-0.4, -0.2) is 19.6 Å². The average molecular weight is 353 g/mol. The second kappa shape index (κ2) is 5.38. The fraction of sp³-hybridized carbons (Fsp3) is 0.154. The van der Waals surface area contributed by atoms with Crippen LogP contribution in [0.3, 0.4) is 0 Å². The van der Waals surface area contributed by atoms with Crippen molar-refractivity contribution in [1.82, 2.24) is 19.6 Å². The van der Waals surface area contributed by atoms with Crippen molar-refractivity contribution >= 4 is 38.9 Å². The zero-order valence-corrected chi connectivity index (χ0v) is 13.0. The lowest BCUT2D eigenvalue weighted by Crippen LogP contribution is -2.06. The van der Waals surface area contributed by atoms with E-state index in [0.29, 0.717) is 12.4 Å². The van der Waals surface area contributed by atoms with Gasteiger partial charge < -0.3 is 5.32 Å². The number of anilines is 1. The number of aryl methyl sites for hydroxylation is 1. The molecule has 0 fully saturated rings. The van der Waals surface area contributed by atoms with Gasteiger partial charge in [-0.05, 0) is 57.7 Å². The van der Waals surface area contributed by atoms with Gasteiger partial charge in [-0.2, -0.15) is 4.98 Å². The Morgan fingerprint density at radius 1 is 1.35 bits per heavy atom. The molecule has 0 amide bonds. The minimum Gasteiger partial charge on any atom is -0.364 e. The summed E-state index contributed by atoms with van der Waals surface area (Å²) in [6.45, 7) is 2.65. The molecule has 1 N–H and O–H groups in total. The summed E-state index contributed by atoms with van der Waals surface area (Å²) >= 11 is 9.45. The third kappa shape index (κ3) is 2.48. The number of fused-ring (bicyclic) bond motifs is 1. The molecule has 5 nitrogen and oxygen atoms in total. The Kier molecular flexibility index (Phi) is 3.58. The van der Waals surface area contributed by atoms with Gasteiger partial charge in [0.1, 0.15) is 5.52 Å². The Hall–Kier alpha value is -1.66. The molecule has 3 aromatic heterocycles. The normalized spacial score (nSPS) is 10.9. The molecule has 7 heteroatoms. The molecule has 0 aliphatic carbocycles. The maximum Gasteiger partial charge on any atom is 0.243 e. The van der Waals surface area contributed by atoms with E-state index < -0.39 is 0 Å². The third-order valence-corrected chi connectivity index (χ3v) is 3.97. The highest BCUT2D eigenvalue weighted by Crippen LogP contribution is 2.27. The van der Waals surface area contributed by atoms with Crippen molar-refractivity contribution in [2.75, 3.05) is 5.32 Å². The Labute approximate surface area is 129 Å². The van der Waals surface area contributed by atoms with E-state index in [2.05, 4.69) is 36.3 Å². The fourth-order valence-electron chi connectivity index (χ4n) is 1.98. The summed E-state index contributed by atoms with van der Waals surface area (Å²) in [6, 6.07) is 3.90. The molecule has 20 heavy (non-hydrogen) atoms. The van der Waals surface area contributed by atoms with Gasteiger partial charge in [-0.15, -0.1) is 5.10 Å². The first-order chi connectivity index (χ1) is 9.65. The Balaban J connectivity index is 1.98. The number of hydrogen-bond donors (Lipinski definition) is 1. The number of rotatable bonds is 3. The first-order valence-corrected chi connectivity index (χ1v) is 7.16. The van der Waals surface area contributed by atoms with Crippen LogP contribution >= 0.6 is 27.5 Å². The number of nitrogens with zero attached hydrogens (tertiary/aromatic N) is 4. The van der Waals surface area contributed by atoms with Gasteiger partial charge in [0.05, 0.1) is 0 Å². The van der Waals surface area contributed by atoms with Crippen LogP contribution in [-0.2, 0) is 6.54 Å². The van der Waals surface area contributed by atoms with Gasteiger partial charge in [0, 0.05) is 29.6 Å². The molecular weight excluding hydrogens is 342 g/mol. The molecule has 0 radical (unpaired) electrons. The first-order valence-electron chi connectivity index (χ1n) is 5.99. The largest absolute Gasteiger partial charge is 0.364 e. The summed E-state index contributed by atoms with van der Waals surface area (Å²) in [5, 5.41) is 7.66. The predicted molar refractivity (Wildman–Crippen MR) is 82.0 cm³/mol. The van der Waals surface area contributed by atoms with Crippen LogP contribution in [0.4, 0.5) is 5.82 Å². The summed E-state index contributed by atoms with van der Waals surface area (Å²) in [5.41, 5.74) is 3.10. The van der Waals surface area contributed by atoms with E-state index >= 15 is 0 Å². The Morgan fingerprint density at radius 3 is 2.85 bits per heavy atom. The van der Waals surface area contributed by atoms with Crippen LogP contribution in [0.5, 0.6) is 0 Å². The summed E-state index contributed by atoms with van der Waals surface area (Å²) in [7, 11) is 0. The molecule has 0 aliphatic heterocycles. The second-order valence-electron chi connectivity index (χ2n) is 4.33. The topological polar surface area (TPSA) is 55.1 Å². The number of aromatic nitrogens is 4. The lowest BCUT2D eigenvalue weighted by atomic mass is 10.2. The molecule has 0 spiro atoms. The fourth-order valence-corrected chi connectivity index (χ4v) is 2.53. The van der Waals surface area contributed by atoms with Gasteiger partial charge in [0.15, 0.2) is 5.82 Å². The number of halogens is 2. The summed E-state index contributed by atoms with van der Waals surface area (Å²) in [4.78, 5) is 8.27. The van der Waals surface area contributed by atoms with Crippen LogP contribution in [0.25, 0.3) is 5.52 Å². The molecule has 0 saturated carbocycles. The van der Waals surface area contributed by atoms with Crippen LogP contribution in [0.1, 0.15) is 11.1 Å². The van der Waals surface area contributed by atoms with E-state index in [1.54, 1.807) is 16.9 Å². The van der Waals surface area contributed by atoms with Gasteiger partial charge in [-0.1, -0.05) is 0 Å². The van der Waals surface area contributed by atoms with Crippen molar-refractivity contribution < 1.29 is 0 Å². The minimum absolute atomic E-state index is 0.206. The quantitative estimate of drug-likeness (QED) is 0.784. The molecular formula is C13H11BrClN5. The first kappa shape index (κ1) is 13.3. The molecule has 3 aromatic rings. The average Bonchev–Trinajstić information content (AvgIpc) is 2.72.